The molecule has 0 aromatic heterocycles. The zero-order chi connectivity index (χ0) is 13.3. The molecule has 1 atom stereocenters. The van der Waals surface area contributed by atoms with Crippen LogP contribution < -0.4 is 10.5 Å². The molecule has 1 unspecified atom stereocenters. The minimum Gasteiger partial charge on any atom is -0.496 e. The van der Waals surface area contributed by atoms with Gasteiger partial charge >= 0.3 is 0 Å². The summed E-state index contributed by atoms with van der Waals surface area (Å²) in [6, 6.07) is 6.69. The van der Waals surface area contributed by atoms with Gasteiger partial charge in [-0.3, -0.25) is 0 Å². The Morgan fingerprint density at radius 3 is 2.50 bits per heavy atom. The van der Waals surface area contributed by atoms with Crippen molar-refractivity contribution in [1.82, 2.24) is 4.90 Å². The average Bonchev–Trinajstić information content (AvgIpc) is 3.10. The molecule has 2 N–H and O–H groups in total. The number of nitrogens with two attached hydrogens (primary N) is 1. The topological polar surface area (TPSA) is 38.5 Å². The monoisotopic (exact) mass is 312 g/mol. The van der Waals surface area contributed by atoms with E-state index in [1.165, 1.54) is 18.4 Å². The predicted octanol–water partition coefficient (Wildman–Crippen LogP) is 2.80. The van der Waals surface area contributed by atoms with E-state index < -0.39 is 0 Å². The van der Waals surface area contributed by atoms with Gasteiger partial charge in [-0.05, 0) is 67.1 Å². The largest absolute Gasteiger partial charge is 0.496 e. The fraction of sp³-hybridized carbons (Fsp3) is 0.571. The quantitative estimate of drug-likeness (QED) is 0.908. The van der Waals surface area contributed by atoms with Crippen molar-refractivity contribution in [2.75, 3.05) is 27.7 Å². The van der Waals surface area contributed by atoms with Gasteiger partial charge in [0, 0.05) is 11.5 Å². The van der Waals surface area contributed by atoms with Crippen LogP contribution in [0.1, 0.15) is 24.4 Å². The summed E-state index contributed by atoms with van der Waals surface area (Å²) in [5, 5.41) is 0. The van der Waals surface area contributed by atoms with E-state index in [0.717, 1.165) is 16.8 Å². The molecule has 18 heavy (non-hydrogen) atoms. The van der Waals surface area contributed by atoms with E-state index in [9.17, 15) is 0 Å². The summed E-state index contributed by atoms with van der Waals surface area (Å²) < 4.78 is 6.28. The van der Waals surface area contributed by atoms with Gasteiger partial charge in [-0.15, -0.1) is 0 Å². The smallest absolute Gasteiger partial charge is 0.133 e. The minimum atomic E-state index is 0.261. The highest BCUT2D eigenvalue weighted by Gasteiger charge is 2.49. The second-order valence-electron chi connectivity index (χ2n) is 5.33. The Bertz CT molecular complexity index is 430. The van der Waals surface area contributed by atoms with E-state index in [1.54, 1.807) is 7.11 Å². The van der Waals surface area contributed by atoms with E-state index in [1.807, 2.05) is 6.07 Å². The van der Waals surface area contributed by atoms with Gasteiger partial charge < -0.3 is 15.4 Å². The molecule has 1 aliphatic rings. The van der Waals surface area contributed by atoms with Gasteiger partial charge in [0.05, 0.1) is 11.6 Å². The zero-order valence-corrected chi connectivity index (χ0v) is 12.8. The lowest BCUT2D eigenvalue weighted by atomic mass is 9.89. The Morgan fingerprint density at radius 2 is 2.11 bits per heavy atom. The van der Waals surface area contributed by atoms with Crippen molar-refractivity contribution in [3.8, 4) is 5.75 Å². The number of ether oxygens (including phenoxy) is 1. The molecule has 0 heterocycles. The highest BCUT2D eigenvalue weighted by molar-refractivity contribution is 9.10. The summed E-state index contributed by atoms with van der Waals surface area (Å²) >= 11 is 3.56. The molecule has 100 valence electrons. The molecule has 1 saturated carbocycles. The number of rotatable bonds is 5. The van der Waals surface area contributed by atoms with Crippen LogP contribution in [0.4, 0.5) is 0 Å². The molecule has 1 fully saturated rings. The first-order valence-electron chi connectivity index (χ1n) is 6.24. The first-order chi connectivity index (χ1) is 8.54. The molecule has 0 saturated heterocycles. The third-order valence-corrected chi connectivity index (χ3v) is 4.51. The molecule has 1 aromatic rings. The van der Waals surface area contributed by atoms with Crippen molar-refractivity contribution in [2.24, 2.45) is 11.1 Å². The molecule has 4 heteroatoms. The third-order valence-electron chi connectivity index (χ3n) is 3.89. The Morgan fingerprint density at radius 1 is 1.44 bits per heavy atom. The van der Waals surface area contributed by atoms with Crippen molar-refractivity contribution >= 4 is 15.9 Å². The summed E-state index contributed by atoms with van der Waals surface area (Å²) in [6.07, 6.45) is 2.44. The van der Waals surface area contributed by atoms with E-state index in [4.69, 9.17) is 10.5 Å². The van der Waals surface area contributed by atoms with Gasteiger partial charge in [0.2, 0.25) is 0 Å². The van der Waals surface area contributed by atoms with Crippen LogP contribution in [0.3, 0.4) is 0 Å². The lowest BCUT2D eigenvalue weighted by Gasteiger charge is -2.32. The summed E-state index contributed by atoms with van der Waals surface area (Å²) in [5.41, 5.74) is 7.54. The molecule has 0 spiro atoms. The summed E-state index contributed by atoms with van der Waals surface area (Å²) in [7, 11) is 5.93. The Kier molecular flexibility index (Phi) is 3.99. The van der Waals surface area contributed by atoms with Crippen LogP contribution in [0.5, 0.6) is 5.75 Å². The molecule has 0 bridgehead atoms. The van der Waals surface area contributed by atoms with Crippen LogP contribution in [0, 0.1) is 5.41 Å². The first kappa shape index (κ1) is 13.8. The lowest BCUT2D eigenvalue weighted by Crippen LogP contribution is -2.33. The highest BCUT2D eigenvalue weighted by Crippen LogP contribution is 2.56. The van der Waals surface area contributed by atoms with E-state index in [0.29, 0.717) is 6.04 Å². The van der Waals surface area contributed by atoms with Crippen LogP contribution >= 0.6 is 15.9 Å². The molecule has 0 aliphatic heterocycles. The van der Waals surface area contributed by atoms with Crippen LogP contribution in [0.2, 0.25) is 0 Å². The van der Waals surface area contributed by atoms with Gasteiger partial charge in [0.1, 0.15) is 5.75 Å². The summed E-state index contributed by atoms with van der Waals surface area (Å²) in [6.45, 7) is 0.749. The molecule has 3 nitrogen and oxygen atoms in total. The van der Waals surface area contributed by atoms with Crippen LogP contribution in [-0.4, -0.2) is 32.6 Å². The number of halogens is 1. The van der Waals surface area contributed by atoms with Crippen LogP contribution in [0.25, 0.3) is 0 Å². The molecule has 0 radical (unpaired) electrons. The average molecular weight is 313 g/mol. The second-order valence-corrected chi connectivity index (χ2v) is 6.18. The van der Waals surface area contributed by atoms with Gasteiger partial charge in [0.25, 0.3) is 0 Å². The summed E-state index contributed by atoms with van der Waals surface area (Å²) in [4.78, 5) is 2.27. The molecule has 1 aliphatic carbocycles. The van der Waals surface area contributed by atoms with Crippen molar-refractivity contribution in [3.63, 3.8) is 0 Å². The van der Waals surface area contributed by atoms with Gasteiger partial charge in [-0.2, -0.15) is 0 Å². The van der Waals surface area contributed by atoms with Crippen LogP contribution in [-0.2, 0) is 0 Å². The predicted molar refractivity (Wildman–Crippen MR) is 77.8 cm³/mol. The maximum absolute atomic E-state index is 5.98. The summed E-state index contributed by atoms with van der Waals surface area (Å²) in [5.74, 6) is 0.869. The SMILES string of the molecule is COc1ccc(C(N(C)C)C2(CN)CC2)cc1Br. The number of hydrogen-bond acceptors (Lipinski definition) is 3. The molecule has 0 amide bonds. The molecule has 2 rings (SSSR count). The standard InChI is InChI=1S/C14H21BrN2O/c1-17(2)13(14(9-16)6-7-14)10-4-5-12(18-3)11(15)8-10/h4-5,8,13H,6-7,9,16H2,1-3H3. The Labute approximate surface area is 117 Å². The first-order valence-corrected chi connectivity index (χ1v) is 7.03. The third kappa shape index (κ3) is 2.42. The van der Waals surface area contributed by atoms with Crippen molar-refractivity contribution in [3.05, 3.63) is 28.2 Å². The molecular formula is C14H21BrN2O. The van der Waals surface area contributed by atoms with E-state index >= 15 is 0 Å². The maximum Gasteiger partial charge on any atom is 0.133 e. The number of methoxy groups -OCH3 is 1. The number of benzene rings is 1. The second kappa shape index (κ2) is 5.19. The van der Waals surface area contributed by atoms with Crippen LogP contribution in [0.15, 0.2) is 22.7 Å². The van der Waals surface area contributed by atoms with Crippen molar-refractivity contribution < 1.29 is 4.74 Å². The highest BCUT2D eigenvalue weighted by atomic mass is 79.9. The normalized spacial score (nSPS) is 18.8. The number of nitrogens with zero attached hydrogens (tertiary/aromatic N) is 1. The van der Waals surface area contributed by atoms with Gasteiger partial charge in [-0.25, -0.2) is 0 Å². The van der Waals surface area contributed by atoms with Gasteiger partial charge in [0.15, 0.2) is 0 Å². The molecular weight excluding hydrogens is 292 g/mol. The lowest BCUT2D eigenvalue weighted by molar-refractivity contribution is 0.198. The minimum absolute atomic E-state index is 0.261. The van der Waals surface area contributed by atoms with E-state index in [-0.39, 0.29) is 5.41 Å². The van der Waals surface area contributed by atoms with E-state index in [2.05, 4.69) is 47.1 Å². The fourth-order valence-electron chi connectivity index (χ4n) is 2.80. The van der Waals surface area contributed by atoms with Crippen molar-refractivity contribution in [2.45, 2.75) is 18.9 Å². The Hall–Kier alpha value is -0.580. The van der Waals surface area contributed by atoms with Gasteiger partial charge in [-0.1, -0.05) is 6.07 Å². The molecule has 1 aromatic carbocycles. The Balaban J connectivity index is 2.35. The number of hydrogen-bond donors (Lipinski definition) is 1. The zero-order valence-electron chi connectivity index (χ0n) is 11.2. The maximum atomic E-state index is 5.98. The van der Waals surface area contributed by atoms with Crippen molar-refractivity contribution in [1.29, 1.82) is 0 Å². The fourth-order valence-corrected chi connectivity index (χ4v) is 3.36.